The van der Waals surface area contributed by atoms with Gasteiger partial charge in [0.15, 0.2) is 0 Å². The average molecular weight is 303 g/mol. The van der Waals surface area contributed by atoms with Crippen LogP contribution in [0.3, 0.4) is 0 Å². The van der Waals surface area contributed by atoms with Gasteiger partial charge in [-0.3, -0.25) is 0 Å². The van der Waals surface area contributed by atoms with Crippen molar-refractivity contribution >= 4 is 0 Å². The summed E-state index contributed by atoms with van der Waals surface area (Å²) in [5, 5.41) is 0. The zero-order chi connectivity index (χ0) is 16.9. The third kappa shape index (κ3) is 4.15. The van der Waals surface area contributed by atoms with Crippen molar-refractivity contribution in [3.63, 3.8) is 0 Å². The first-order chi connectivity index (χ1) is 10.4. The molecule has 0 aromatic heterocycles. The molecule has 0 saturated heterocycles. The van der Waals surface area contributed by atoms with E-state index in [-0.39, 0.29) is 0 Å². The van der Waals surface area contributed by atoms with E-state index >= 15 is 0 Å². The van der Waals surface area contributed by atoms with Crippen LogP contribution in [-0.2, 0) is 0 Å². The summed E-state index contributed by atoms with van der Waals surface area (Å²) in [6, 6.07) is 5.15. The molecule has 0 nitrogen and oxygen atoms in total. The van der Waals surface area contributed by atoms with Crippen molar-refractivity contribution in [2.75, 3.05) is 0 Å². The lowest BCUT2D eigenvalue weighted by atomic mass is 9.78. The largest absolute Gasteiger partial charge is 0.0648 e. The van der Waals surface area contributed by atoms with Gasteiger partial charge in [-0.1, -0.05) is 67.5 Å². The Morgan fingerprint density at radius 3 is 0.818 bits per heavy atom. The maximum Gasteiger partial charge on any atom is -0.0190 e. The van der Waals surface area contributed by atoms with Crippen LogP contribution < -0.4 is 0 Å². The molecule has 0 radical (unpaired) electrons. The van der Waals surface area contributed by atoms with Crippen LogP contribution in [0.2, 0.25) is 0 Å². The topological polar surface area (TPSA) is 0 Å². The first kappa shape index (κ1) is 19.3. The second-order valence-electron chi connectivity index (χ2n) is 7.35. The van der Waals surface area contributed by atoms with Crippen molar-refractivity contribution in [1.82, 2.24) is 0 Å². The van der Waals surface area contributed by atoms with Crippen molar-refractivity contribution in [1.29, 1.82) is 0 Å². The molecule has 0 aliphatic carbocycles. The number of hydrogen-bond acceptors (Lipinski definition) is 0. The van der Waals surface area contributed by atoms with Crippen LogP contribution in [0.5, 0.6) is 0 Å². The summed E-state index contributed by atoms with van der Waals surface area (Å²) in [5.74, 6) is 2.66. The van der Waals surface area contributed by atoms with Crippen LogP contribution in [0.1, 0.15) is 127 Å². The maximum atomic E-state index is 2.57. The standard InChI is InChI=1S/C22H38/c1-9-15(5)19-13-21(17(7)11-3)22(18(8)12-4)14-20(19)16(6)10-2/h13-18H,9-12H2,1-8H3. The molecular formula is C22H38. The summed E-state index contributed by atoms with van der Waals surface area (Å²) in [5.41, 5.74) is 6.44. The van der Waals surface area contributed by atoms with Gasteiger partial charge in [0.05, 0.1) is 0 Å². The molecular weight excluding hydrogens is 264 g/mol. The zero-order valence-electron chi connectivity index (χ0n) is 16.3. The van der Waals surface area contributed by atoms with Crippen molar-refractivity contribution in [3.05, 3.63) is 34.4 Å². The SMILES string of the molecule is CCC(C)c1cc(C(C)CC)c(C(C)CC)cc1C(C)CC. The van der Waals surface area contributed by atoms with E-state index in [1.807, 2.05) is 0 Å². The number of benzene rings is 1. The molecule has 0 heterocycles. The summed E-state index contributed by atoms with van der Waals surface area (Å²) in [7, 11) is 0. The molecule has 126 valence electrons. The van der Waals surface area contributed by atoms with E-state index in [1.54, 1.807) is 22.3 Å². The molecule has 1 aromatic rings. The van der Waals surface area contributed by atoms with Gasteiger partial charge in [0.2, 0.25) is 0 Å². The van der Waals surface area contributed by atoms with Crippen molar-refractivity contribution in [3.8, 4) is 0 Å². The van der Waals surface area contributed by atoms with E-state index < -0.39 is 0 Å². The van der Waals surface area contributed by atoms with Gasteiger partial charge < -0.3 is 0 Å². The Kier molecular flexibility index (Phi) is 7.66. The van der Waals surface area contributed by atoms with Gasteiger partial charge in [0, 0.05) is 0 Å². The molecule has 4 atom stereocenters. The van der Waals surface area contributed by atoms with Gasteiger partial charge in [-0.05, 0) is 71.6 Å². The summed E-state index contributed by atoms with van der Waals surface area (Å²) >= 11 is 0. The van der Waals surface area contributed by atoms with E-state index in [2.05, 4.69) is 67.5 Å². The Hall–Kier alpha value is -0.780. The predicted octanol–water partition coefficient (Wildman–Crippen LogP) is 7.74. The Morgan fingerprint density at radius 1 is 0.500 bits per heavy atom. The molecule has 1 aromatic carbocycles. The number of hydrogen-bond donors (Lipinski definition) is 0. The van der Waals surface area contributed by atoms with Gasteiger partial charge in [0.25, 0.3) is 0 Å². The molecule has 0 saturated carbocycles. The fourth-order valence-electron chi connectivity index (χ4n) is 3.26. The minimum atomic E-state index is 0.665. The lowest BCUT2D eigenvalue weighted by Gasteiger charge is -2.27. The quantitative estimate of drug-likeness (QED) is 0.460. The van der Waals surface area contributed by atoms with E-state index in [0.29, 0.717) is 23.7 Å². The van der Waals surface area contributed by atoms with Gasteiger partial charge in [-0.15, -0.1) is 0 Å². The molecule has 0 fully saturated rings. The Labute approximate surface area is 139 Å². The fourth-order valence-corrected chi connectivity index (χ4v) is 3.26. The molecule has 0 spiro atoms. The first-order valence-corrected chi connectivity index (χ1v) is 9.58. The lowest BCUT2D eigenvalue weighted by Crippen LogP contribution is -2.10. The van der Waals surface area contributed by atoms with Gasteiger partial charge >= 0.3 is 0 Å². The summed E-state index contributed by atoms with van der Waals surface area (Å²) in [6.07, 6.45) is 4.91. The maximum absolute atomic E-state index is 2.57. The van der Waals surface area contributed by atoms with Crippen molar-refractivity contribution < 1.29 is 0 Å². The smallest absolute Gasteiger partial charge is 0.0190 e. The van der Waals surface area contributed by atoms with Crippen LogP contribution in [0, 0.1) is 0 Å². The second kappa shape index (κ2) is 8.75. The highest BCUT2D eigenvalue weighted by Gasteiger charge is 2.21. The predicted molar refractivity (Wildman–Crippen MR) is 101 cm³/mol. The Bertz CT molecular complexity index is 375. The van der Waals surface area contributed by atoms with Crippen LogP contribution in [0.4, 0.5) is 0 Å². The van der Waals surface area contributed by atoms with Crippen LogP contribution in [0.25, 0.3) is 0 Å². The zero-order valence-corrected chi connectivity index (χ0v) is 16.3. The Balaban J connectivity index is 3.55. The van der Waals surface area contributed by atoms with E-state index in [4.69, 9.17) is 0 Å². The normalized spacial score (nSPS) is 17.1. The minimum absolute atomic E-state index is 0.665. The fraction of sp³-hybridized carbons (Fsp3) is 0.727. The van der Waals surface area contributed by atoms with Crippen molar-refractivity contribution in [2.45, 2.75) is 105 Å². The molecule has 0 N–H and O–H groups in total. The van der Waals surface area contributed by atoms with Gasteiger partial charge in [-0.2, -0.15) is 0 Å². The van der Waals surface area contributed by atoms with E-state index in [1.165, 1.54) is 25.7 Å². The third-order valence-corrected chi connectivity index (χ3v) is 5.86. The van der Waals surface area contributed by atoms with Crippen LogP contribution in [0.15, 0.2) is 12.1 Å². The average Bonchev–Trinajstić information content (AvgIpc) is 2.57. The second-order valence-corrected chi connectivity index (χ2v) is 7.35. The monoisotopic (exact) mass is 302 g/mol. The highest BCUT2D eigenvalue weighted by atomic mass is 14.3. The summed E-state index contributed by atoms with van der Waals surface area (Å²) < 4.78 is 0. The molecule has 22 heavy (non-hydrogen) atoms. The molecule has 4 unspecified atom stereocenters. The molecule has 0 aliphatic heterocycles. The van der Waals surface area contributed by atoms with Crippen molar-refractivity contribution in [2.24, 2.45) is 0 Å². The highest BCUT2D eigenvalue weighted by Crippen LogP contribution is 2.38. The first-order valence-electron chi connectivity index (χ1n) is 9.58. The van der Waals surface area contributed by atoms with Gasteiger partial charge in [-0.25, -0.2) is 0 Å². The van der Waals surface area contributed by atoms with Crippen LogP contribution in [-0.4, -0.2) is 0 Å². The highest BCUT2D eigenvalue weighted by molar-refractivity contribution is 5.44. The molecule has 0 bridgehead atoms. The summed E-state index contributed by atoms with van der Waals surface area (Å²) in [4.78, 5) is 0. The Morgan fingerprint density at radius 2 is 0.682 bits per heavy atom. The van der Waals surface area contributed by atoms with E-state index in [0.717, 1.165) is 0 Å². The minimum Gasteiger partial charge on any atom is -0.0648 e. The molecule has 0 aliphatic rings. The molecule has 0 heteroatoms. The van der Waals surface area contributed by atoms with Crippen LogP contribution >= 0.6 is 0 Å². The lowest BCUT2D eigenvalue weighted by molar-refractivity contribution is 0.645. The van der Waals surface area contributed by atoms with E-state index in [9.17, 15) is 0 Å². The summed E-state index contributed by atoms with van der Waals surface area (Å²) in [6.45, 7) is 18.8. The third-order valence-electron chi connectivity index (χ3n) is 5.86. The number of rotatable bonds is 8. The molecule has 1 rings (SSSR count). The molecule has 0 amide bonds. The van der Waals surface area contributed by atoms with Gasteiger partial charge in [0.1, 0.15) is 0 Å².